The van der Waals surface area contributed by atoms with E-state index in [1.54, 1.807) is 6.07 Å². The van der Waals surface area contributed by atoms with Crippen molar-refractivity contribution in [1.82, 2.24) is 15.5 Å². The monoisotopic (exact) mass is 446 g/mol. The van der Waals surface area contributed by atoms with Crippen molar-refractivity contribution in [3.05, 3.63) is 33.8 Å². The highest BCUT2D eigenvalue weighted by Gasteiger charge is 2.17. The molecule has 3 rings (SSSR count). The number of amides is 2. The zero-order valence-electron chi connectivity index (χ0n) is 14.0. The Hall–Kier alpha value is -1.39. The van der Waals surface area contributed by atoms with Gasteiger partial charge in [0.2, 0.25) is 11.0 Å². The number of aromatic nitrogens is 2. The number of rotatable bonds is 7. The van der Waals surface area contributed by atoms with Gasteiger partial charge in [0.05, 0.1) is 22.4 Å². The van der Waals surface area contributed by atoms with Crippen LogP contribution in [0.25, 0.3) is 0 Å². The molecule has 1 fully saturated rings. The molecule has 0 spiro atoms. The molecule has 1 atom stereocenters. The lowest BCUT2D eigenvalue weighted by atomic mass is 10.2. The van der Waals surface area contributed by atoms with Gasteiger partial charge in [-0.3, -0.25) is 14.9 Å². The van der Waals surface area contributed by atoms with E-state index in [2.05, 4.69) is 20.8 Å². The fraction of sp³-hybridized carbons (Fsp3) is 0.375. The van der Waals surface area contributed by atoms with Gasteiger partial charge >= 0.3 is 0 Å². The Balaban J connectivity index is 1.46. The Morgan fingerprint density at radius 2 is 2.19 bits per heavy atom. The first-order valence-corrected chi connectivity index (χ1v) is 10.7. The highest BCUT2D eigenvalue weighted by molar-refractivity contribution is 8.01. The predicted molar refractivity (Wildman–Crippen MR) is 107 cm³/mol. The maximum Gasteiger partial charge on any atom is 0.259 e. The molecule has 0 aliphatic carbocycles. The lowest BCUT2D eigenvalue weighted by Gasteiger charge is -2.09. The van der Waals surface area contributed by atoms with Crippen LogP contribution < -0.4 is 10.6 Å². The SMILES string of the molecule is O=C(CSc1nnc(NC(=O)c2ccc(Cl)cc2Cl)s1)NC[C@H]1CCCO1. The number of anilines is 1. The first kappa shape index (κ1) is 20.3. The molecule has 1 aromatic carbocycles. The maximum atomic E-state index is 12.3. The third-order valence-electron chi connectivity index (χ3n) is 3.68. The molecular weight excluding hydrogens is 431 g/mol. The Morgan fingerprint density at radius 1 is 1.33 bits per heavy atom. The van der Waals surface area contributed by atoms with Gasteiger partial charge in [0.15, 0.2) is 4.34 Å². The van der Waals surface area contributed by atoms with Gasteiger partial charge in [-0.1, -0.05) is 46.3 Å². The van der Waals surface area contributed by atoms with Crippen LogP contribution in [0.15, 0.2) is 22.5 Å². The third kappa shape index (κ3) is 6.05. The molecular formula is C16H16Cl2N4O3S2. The van der Waals surface area contributed by atoms with Crippen LogP contribution in [-0.2, 0) is 9.53 Å². The summed E-state index contributed by atoms with van der Waals surface area (Å²) in [5.41, 5.74) is 0.291. The summed E-state index contributed by atoms with van der Waals surface area (Å²) in [7, 11) is 0. The number of hydrogen-bond donors (Lipinski definition) is 2. The summed E-state index contributed by atoms with van der Waals surface area (Å²) in [4.78, 5) is 24.1. The second kappa shape index (κ2) is 9.70. The molecule has 2 aromatic rings. The van der Waals surface area contributed by atoms with E-state index < -0.39 is 5.91 Å². The normalized spacial score (nSPS) is 16.3. The Morgan fingerprint density at radius 3 is 2.93 bits per heavy atom. The number of benzene rings is 1. The first-order chi connectivity index (χ1) is 13.0. The minimum atomic E-state index is -0.404. The second-order valence-corrected chi connectivity index (χ2v) is 8.72. The number of ether oxygens (including phenoxy) is 1. The molecule has 2 amide bonds. The molecule has 1 saturated heterocycles. The van der Waals surface area contributed by atoms with E-state index in [0.29, 0.717) is 26.6 Å². The largest absolute Gasteiger partial charge is 0.376 e. The van der Waals surface area contributed by atoms with Gasteiger partial charge in [0.25, 0.3) is 5.91 Å². The quantitative estimate of drug-likeness (QED) is 0.499. The Labute approximate surface area is 174 Å². The van der Waals surface area contributed by atoms with Gasteiger partial charge in [0, 0.05) is 18.2 Å². The summed E-state index contributed by atoms with van der Waals surface area (Å²) in [6, 6.07) is 4.61. The number of nitrogens with zero attached hydrogens (tertiary/aromatic N) is 2. The summed E-state index contributed by atoms with van der Waals surface area (Å²) < 4.78 is 6.04. The molecule has 1 aliphatic heterocycles. The van der Waals surface area contributed by atoms with Crippen LogP contribution in [-0.4, -0.2) is 47.0 Å². The zero-order chi connectivity index (χ0) is 19.2. The number of halogens is 2. The van der Waals surface area contributed by atoms with Crippen molar-refractivity contribution in [2.75, 3.05) is 24.2 Å². The van der Waals surface area contributed by atoms with Crippen molar-refractivity contribution < 1.29 is 14.3 Å². The van der Waals surface area contributed by atoms with E-state index in [9.17, 15) is 9.59 Å². The lowest BCUT2D eigenvalue weighted by Crippen LogP contribution is -2.32. The fourth-order valence-corrected chi connectivity index (χ4v) is 4.44. The molecule has 0 unspecified atom stereocenters. The minimum Gasteiger partial charge on any atom is -0.376 e. The first-order valence-electron chi connectivity index (χ1n) is 8.12. The van der Waals surface area contributed by atoms with Gasteiger partial charge < -0.3 is 10.1 Å². The standard InChI is InChI=1S/C16H16Cl2N4O3S2/c17-9-3-4-11(12(18)6-9)14(24)20-15-21-22-16(27-15)26-8-13(23)19-7-10-2-1-5-25-10/h3-4,6,10H,1-2,5,7-8H2,(H,19,23)(H,20,21,24)/t10-/m1/s1. The molecule has 11 heteroatoms. The van der Waals surface area contributed by atoms with Gasteiger partial charge in [-0.2, -0.15) is 0 Å². The molecule has 0 saturated carbocycles. The highest BCUT2D eigenvalue weighted by atomic mass is 35.5. The minimum absolute atomic E-state index is 0.0933. The van der Waals surface area contributed by atoms with Crippen molar-refractivity contribution in [2.24, 2.45) is 0 Å². The van der Waals surface area contributed by atoms with Gasteiger partial charge in [-0.05, 0) is 31.0 Å². The molecule has 144 valence electrons. The average Bonchev–Trinajstić information content (AvgIpc) is 3.30. The van der Waals surface area contributed by atoms with E-state index in [4.69, 9.17) is 27.9 Å². The van der Waals surface area contributed by atoms with Crippen LogP contribution in [0.3, 0.4) is 0 Å². The zero-order valence-corrected chi connectivity index (χ0v) is 17.2. The van der Waals surface area contributed by atoms with Crippen LogP contribution in [0.2, 0.25) is 10.0 Å². The van der Waals surface area contributed by atoms with Crippen molar-refractivity contribution in [3.63, 3.8) is 0 Å². The second-order valence-electron chi connectivity index (χ2n) is 5.68. The summed E-state index contributed by atoms with van der Waals surface area (Å²) in [6.07, 6.45) is 2.13. The molecule has 2 N–H and O–H groups in total. The van der Waals surface area contributed by atoms with E-state index in [-0.39, 0.29) is 22.8 Å². The highest BCUT2D eigenvalue weighted by Crippen LogP contribution is 2.27. The number of carbonyl (C=O) groups excluding carboxylic acids is 2. The number of hydrogen-bond acceptors (Lipinski definition) is 7. The maximum absolute atomic E-state index is 12.3. The molecule has 1 aliphatic rings. The fourth-order valence-electron chi connectivity index (χ4n) is 2.37. The summed E-state index contributed by atoms with van der Waals surface area (Å²) >= 11 is 14.3. The van der Waals surface area contributed by atoms with Crippen LogP contribution in [0, 0.1) is 0 Å². The Bertz CT molecular complexity index is 828. The van der Waals surface area contributed by atoms with Crippen molar-refractivity contribution in [3.8, 4) is 0 Å². The van der Waals surface area contributed by atoms with Gasteiger partial charge in [-0.25, -0.2) is 0 Å². The van der Waals surface area contributed by atoms with Gasteiger partial charge in [0.1, 0.15) is 0 Å². The predicted octanol–water partition coefficient (Wildman–Crippen LogP) is 3.48. The third-order valence-corrected chi connectivity index (χ3v) is 6.20. The number of thioether (sulfide) groups is 1. The van der Waals surface area contributed by atoms with E-state index >= 15 is 0 Å². The lowest BCUT2D eigenvalue weighted by molar-refractivity contribution is -0.119. The van der Waals surface area contributed by atoms with Crippen molar-refractivity contribution in [2.45, 2.75) is 23.3 Å². The van der Waals surface area contributed by atoms with E-state index in [1.165, 1.54) is 35.2 Å². The van der Waals surface area contributed by atoms with Crippen LogP contribution in [0.1, 0.15) is 23.2 Å². The van der Waals surface area contributed by atoms with Crippen LogP contribution in [0.4, 0.5) is 5.13 Å². The molecule has 1 aromatic heterocycles. The van der Waals surface area contributed by atoms with Crippen molar-refractivity contribution >= 4 is 63.2 Å². The molecule has 0 radical (unpaired) electrons. The number of carbonyl (C=O) groups is 2. The average molecular weight is 447 g/mol. The summed E-state index contributed by atoms with van der Waals surface area (Å²) in [5, 5.41) is 14.4. The smallest absolute Gasteiger partial charge is 0.259 e. The number of nitrogens with one attached hydrogen (secondary N) is 2. The molecule has 2 heterocycles. The summed E-state index contributed by atoms with van der Waals surface area (Å²) in [5.74, 6) is -0.277. The molecule has 0 bridgehead atoms. The van der Waals surface area contributed by atoms with E-state index in [0.717, 1.165) is 19.4 Å². The Kier molecular flexibility index (Phi) is 7.31. The topological polar surface area (TPSA) is 93.2 Å². The van der Waals surface area contributed by atoms with Crippen LogP contribution >= 0.6 is 46.3 Å². The van der Waals surface area contributed by atoms with Crippen LogP contribution in [0.5, 0.6) is 0 Å². The van der Waals surface area contributed by atoms with E-state index in [1.807, 2.05) is 0 Å². The molecule has 27 heavy (non-hydrogen) atoms. The summed E-state index contributed by atoms with van der Waals surface area (Å²) in [6.45, 7) is 1.29. The molecule has 7 nitrogen and oxygen atoms in total. The van der Waals surface area contributed by atoms with Gasteiger partial charge in [-0.15, -0.1) is 10.2 Å². The van der Waals surface area contributed by atoms with Crippen molar-refractivity contribution in [1.29, 1.82) is 0 Å².